The van der Waals surface area contributed by atoms with E-state index in [1.165, 1.54) is 42.6 Å². The summed E-state index contributed by atoms with van der Waals surface area (Å²) in [7, 11) is 0. The number of amides is 1. The van der Waals surface area contributed by atoms with Crippen LogP contribution in [0.1, 0.15) is 40.7 Å². The van der Waals surface area contributed by atoms with Crippen LogP contribution in [0.25, 0.3) is 0 Å². The average molecular weight is 368 g/mol. The highest BCUT2D eigenvalue weighted by Gasteiger charge is 2.17. The molecule has 1 amide bonds. The number of rotatable bonds is 7. The zero-order chi connectivity index (χ0) is 19.2. The number of ether oxygens (including phenoxy) is 1. The Labute approximate surface area is 162 Å². The Morgan fingerprint density at radius 2 is 1.67 bits per heavy atom. The van der Waals surface area contributed by atoms with Crippen molar-refractivity contribution in [3.05, 3.63) is 64.2 Å². The molecule has 1 saturated heterocycles. The summed E-state index contributed by atoms with van der Waals surface area (Å²) in [5.41, 5.74) is 5.88. The number of likely N-dealkylation sites (tertiary alicyclic amines) is 1. The van der Waals surface area contributed by atoms with Gasteiger partial charge in [0.05, 0.1) is 13.1 Å². The molecule has 4 heteroatoms. The Hall–Kier alpha value is -2.33. The Bertz CT molecular complexity index is 772. The maximum absolute atomic E-state index is 12.3. The third-order valence-corrected chi connectivity index (χ3v) is 5.30. The summed E-state index contributed by atoms with van der Waals surface area (Å²) in [5, 5.41) is 3.01. The standard InChI is InChI=1S/C23H30N2O2/c1-17-12-18(2)23(19(3)13-17)27-16-22(26)24-14-20-8-4-5-9-21(20)15-25-10-6-7-11-25/h4-5,8-9,12-13H,6-7,10-11,14-16H2,1-3H3,(H,24,26)/p+1. The monoisotopic (exact) mass is 367 g/mol. The van der Waals surface area contributed by atoms with Gasteiger partial charge in [-0.3, -0.25) is 4.79 Å². The minimum absolute atomic E-state index is 0.0459. The van der Waals surface area contributed by atoms with Gasteiger partial charge in [0.1, 0.15) is 12.3 Å². The van der Waals surface area contributed by atoms with E-state index in [9.17, 15) is 4.79 Å². The van der Waals surface area contributed by atoms with Crippen LogP contribution in [0.15, 0.2) is 36.4 Å². The molecule has 0 radical (unpaired) electrons. The van der Waals surface area contributed by atoms with Crippen LogP contribution < -0.4 is 15.0 Å². The maximum Gasteiger partial charge on any atom is 0.258 e. The third-order valence-electron chi connectivity index (χ3n) is 5.30. The van der Waals surface area contributed by atoms with Crippen LogP contribution in [-0.2, 0) is 17.9 Å². The lowest BCUT2D eigenvalue weighted by Crippen LogP contribution is -3.08. The summed E-state index contributed by atoms with van der Waals surface area (Å²) < 4.78 is 5.79. The fourth-order valence-corrected chi connectivity index (χ4v) is 4.00. The zero-order valence-electron chi connectivity index (χ0n) is 16.7. The van der Waals surface area contributed by atoms with Crippen LogP contribution in [0.4, 0.5) is 0 Å². The average Bonchev–Trinajstić information content (AvgIpc) is 3.13. The van der Waals surface area contributed by atoms with Crippen molar-refractivity contribution < 1.29 is 14.4 Å². The molecule has 0 saturated carbocycles. The summed E-state index contributed by atoms with van der Waals surface area (Å²) in [6.45, 7) is 10.3. The predicted molar refractivity (Wildman–Crippen MR) is 108 cm³/mol. The van der Waals surface area contributed by atoms with Crippen molar-refractivity contribution in [3.63, 3.8) is 0 Å². The summed E-state index contributed by atoms with van der Waals surface area (Å²) >= 11 is 0. The molecular formula is C23H31N2O2+. The Morgan fingerprint density at radius 3 is 2.33 bits per heavy atom. The molecule has 1 heterocycles. The second-order valence-electron chi connectivity index (χ2n) is 7.70. The summed E-state index contributed by atoms with van der Waals surface area (Å²) in [6.07, 6.45) is 2.65. The smallest absolute Gasteiger partial charge is 0.258 e. The molecule has 2 N–H and O–H groups in total. The Kier molecular flexibility index (Phi) is 6.51. The lowest BCUT2D eigenvalue weighted by molar-refractivity contribution is -0.901. The van der Waals surface area contributed by atoms with Crippen molar-refractivity contribution >= 4 is 5.91 Å². The first kappa shape index (κ1) is 19.4. The van der Waals surface area contributed by atoms with Gasteiger partial charge in [-0.25, -0.2) is 0 Å². The number of carbonyl (C=O) groups is 1. The highest BCUT2D eigenvalue weighted by molar-refractivity contribution is 5.77. The van der Waals surface area contributed by atoms with Gasteiger partial charge < -0.3 is 15.0 Å². The molecule has 0 bridgehead atoms. The van der Waals surface area contributed by atoms with Crippen LogP contribution in [0, 0.1) is 20.8 Å². The van der Waals surface area contributed by atoms with Crippen LogP contribution in [0.3, 0.4) is 0 Å². The van der Waals surface area contributed by atoms with E-state index < -0.39 is 0 Å². The van der Waals surface area contributed by atoms with E-state index in [1.54, 1.807) is 4.90 Å². The number of carbonyl (C=O) groups excluding carboxylic acids is 1. The van der Waals surface area contributed by atoms with Gasteiger partial charge in [0.2, 0.25) is 0 Å². The fourth-order valence-electron chi connectivity index (χ4n) is 4.00. The van der Waals surface area contributed by atoms with Gasteiger partial charge in [-0.05, 0) is 37.5 Å². The number of benzene rings is 2. The van der Waals surface area contributed by atoms with Gasteiger partial charge in [-0.1, -0.05) is 42.0 Å². The first-order chi connectivity index (χ1) is 13.0. The van der Waals surface area contributed by atoms with Gasteiger partial charge in [-0.15, -0.1) is 0 Å². The number of nitrogens with one attached hydrogen (secondary N) is 2. The minimum atomic E-state index is -0.0855. The number of aryl methyl sites for hydroxylation is 3. The van der Waals surface area contributed by atoms with Crippen molar-refractivity contribution in [2.45, 2.75) is 46.7 Å². The van der Waals surface area contributed by atoms with Crippen molar-refractivity contribution in [2.75, 3.05) is 19.7 Å². The molecule has 0 unspecified atom stereocenters. The van der Waals surface area contributed by atoms with Gasteiger partial charge >= 0.3 is 0 Å². The molecule has 27 heavy (non-hydrogen) atoms. The maximum atomic E-state index is 12.3. The molecule has 1 aliphatic heterocycles. The molecule has 0 atom stereocenters. The quantitative estimate of drug-likeness (QED) is 0.790. The first-order valence-electron chi connectivity index (χ1n) is 9.90. The highest BCUT2D eigenvalue weighted by atomic mass is 16.5. The highest BCUT2D eigenvalue weighted by Crippen LogP contribution is 2.24. The molecule has 0 aromatic heterocycles. The second-order valence-corrected chi connectivity index (χ2v) is 7.70. The molecule has 2 aromatic rings. The third kappa shape index (κ3) is 5.33. The van der Waals surface area contributed by atoms with Crippen molar-refractivity contribution in [1.29, 1.82) is 0 Å². The molecule has 144 valence electrons. The van der Waals surface area contributed by atoms with E-state index in [1.807, 2.05) is 19.9 Å². The lowest BCUT2D eigenvalue weighted by atomic mass is 10.1. The largest absolute Gasteiger partial charge is 0.483 e. The predicted octanol–water partition coefficient (Wildman–Crippen LogP) is 2.49. The molecule has 0 aliphatic carbocycles. The topological polar surface area (TPSA) is 42.8 Å². The van der Waals surface area contributed by atoms with E-state index in [-0.39, 0.29) is 12.5 Å². The molecule has 2 aromatic carbocycles. The molecule has 4 nitrogen and oxygen atoms in total. The van der Waals surface area contributed by atoms with Crippen molar-refractivity contribution in [3.8, 4) is 5.75 Å². The zero-order valence-corrected chi connectivity index (χ0v) is 16.7. The van der Waals surface area contributed by atoms with Gasteiger partial charge in [0.15, 0.2) is 6.61 Å². The van der Waals surface area contributed by atoms with E-state index in [4.69, 9.17) is 4.74 Å². The number of hydrogen-bond acceptors (Lipinski definition) is 2. The van der Waals surface area contributed by atoms with Crippen LogP contribution >= 0.6 is 0 Å². The summed E-state index contributed by atoms with van der Waals surface area (Å²) in [5.74, 6) is 0.728. The Balaban J connectivity index is 1.54. The van der Waals surface area contributed by atoms with Crippen LogP contribution in [0.5, 0.6) is 5.75 Å². The van der Waals surface area contributed by atoms with E-state index in [0.29, 0.717) is 6.54 Å². The van der Waals surface area contributed by atoms with E-state index >= 15 is 0 Å². The van der Waals surface area contributed by atoms with E-state index in [0.717, 1.165) is 23.4 Å². The SMILES string of the molecule is Cc1cc(C)c(OCC(=O)NCc2ccccc2C[NH+]2CCCC2)c(C)c1. The fraction of sp³-hybridized carbons (Fsp3) is 0.435. The van der Waals surface area contributed by atoms with Crippen LogP contribution in [-0.4, -0.2) is 25.6 Å². The summed E-state index contributed by atoms with van der Waals surface area (Å²) in [6, 6.07) is 12.6. The van der Waals surface area contributed by atoms with Crippen molar-refractivity contribution in [2.24, 2.45) is 0 Å². The number of hydrogen-bond donors (Lipinski definition) is 2. The number of quaternary nitrogens is 1. The van der Waals surface area contributed by atoms with E-state index in [2.05, 4.69) is 42.6 Å². The van der Waals surface area contributed by atoms with Crippen LogP contribution in [0.2, 0.25) is 0 Å². The van der Waals surface area contributed by atoms with Gasteiger partial charge in [0.25, 0.3) is 5.91 Å². The molecule has 3 rings (SSSR count). The van der Waals surface area contributed by atoms with Gasteiger partial charge in [0, 0.05) is 24.9 Å². The molecule has 1 fully saturated rings. The normalized spacial score (nSPS) is 14.3. The first-order valence-corrected chi connectivity index (χ1v) is 9.90. The molecule has 0 spiro atoms. The Morgan fingerprint density at radius 1 is 1.04 bits per heavy atom. The van der Waals surface area contributed by atoms with Crippen molar-refractivity contribution in [1.82, 2.24) is 5.32 Å². The summed E-state index contributed by atoms with van der Waals surface area (Å²) in [4.78, 5) is 13.9. The minimum Gasteiger partial charge on any atom is -0.483 e. The molecular weight excluding hydrogens is 336 g/mol. The molecule has 1 aliphatic rings. The lowest BCUT2D eigenvalue weighted by Gasteiger charge is -2.16. The van der Waals surface area contributed by atoms with Gasteiger partial charge in [-0.2, -0.15) is 0 Å². The second kappa shape index (κ2) is 9.05.